The molecule has 0 aliphatic carbocycles. The normalized spacial score (nSPS) is 21.7. The predicted molar refractivity (Wildman–Crippen MR) is 145 cm³/mol. The summed E-state index contributed by atoms with van der Waals surface area (Å²) in [5, 5.41) is 9.95. The minimum Gasteiger partial charge on any atom is -0.463 e. The summed E-state index contributed by atoms with van der Waals surface area (Å²) >= 11 is 0. The van der Waals surface area contributed by atoms with E-state index in [2.05, 4.69) is 13.0 Å². The third kappa shape index (κ3) is 8.14. The number of esters is 4. The van der Waals surface area contributed by atoms with E-state index < -0.39 is 54.4 Å². The Hall–Kier alpha value is -4.23. The summed E-state index contributed by atoms with van der Waals surface area (Å²) < 4.78 is 28.2. The van der Waals surface area contributed by atoms with Crippen LogP contribution in [0.15, 0.2) is 36.4 Å². The number of nitriles is 1. The molecule has 1 aliphatic heterocycles. The zero-order chi connectivity index (χ0) is 30.3. The first-order valence-electron chi connectivity index (χ1n) is 13.3. The van der Waals surface area contributed by atoms with Crippen LogP contribution in [0.4, 0.5) is 0 Å². The Kier molecular flexibility index (Phi) is 10.6. The molecule has 1 fully saturated rings. The van der Waals surface area contributed by atoms with Gasteiger partial charge in [0, 0.05) is 27.7 Å². The molecule has 218 valence electrons. The maximum Gasteiger partial charge on any atom is 0.303 e. The molecule has 0 bridgehead atoms. The summed E-state index contributed by atoms with van der Waals surface area (Å²) in [6, 6.07) is 13.9. The molecule has 0 spiro atoms. The lowest BCUT2D eigenvalue weighted by atomic mass is 9.87. The maximum atomic E-state index is 12.2. The van der Waals surface area contributed by atoms with Crippen LogP contribution in [0.1, 0.15) is 74.1 Å². The maximum absolute atomic E-state index is 12.2. The second-order valence-corrected chi connectivity index (χ2v) is 9.95. The fraction of sp³-hybridized carbons (Fsp3) is 0.452. The first kappa shape index (κ1) is 31.3. The van der Waals surface area contributed by atoms with Crippen molar-refractivity contribution in [3.05, 3.63) is 69.8 Å². The van der Waals surface area contributed by atoms with E-state index in [9.17, 15) is 24.4 Å². The van der Waals surface area contributed by atoms with Gasteiger partial charge >= 0.3 is 23.9 Å². The van der Waals surface area contributed by atoms with Crippen LogP contribution in [0.5, 0.6) is 0 Å². The number of hydrogen-bond acceptors (Lipinski definition) is 10. The molecule has 10 heteroatoms. The number of rotatable bonds is 9. The van der Waals surface area contributed by atoms with Crippen molar-refractivity contribution in [3.8, 4) is 6.07 Å². The predicted octanol–water partition coefficient (Wildman–Crippen LogP) is 3.82. The fourth-order valence-corrected chi connectivity index (χ4v) is 4.96. The Bertz CT molecular complexity index is 1330. The van der Waals surface area contributed by atoms with Crippen LogP contribution < -0.4 is 0 Å². The van der Waals surface area contributed by atoms with E-state index in [4.69, 9.17) is 23.7 Å². The van der Waals surface area contributed by atoms with Crippen molar-refractivity contribution in [2.75, 3.05) is 6.61 Å². The van der Waals surface area contributed by atoms with E-state index in [1.165, 1.54) is 33.3 Å². The first-order valence-corrected chi connectivity index (χ1v) is 13.3. The molecule has 0 radical (unpaired) electrons. The van der Waals surface area contributed by atoms with Crippen LogP contribution in [-0.4, -0.2) is 54.9 Å². The highest BCUT2D eigenvalue weighted by Crippen LogP contribution is 2.39. The van der Waals surface area contributed by atoms with Gasteiger partial charge in [-0.1, -0.05) is 43.3 Å². The van der Waals surface area contributed by atoms with Gasteiger partial charge in [0.2, 0.25) is 0 Å². The molecular weight excluding hydrogens is 530 g/mol. The molecule has 0 amide bonds. The highest BCUT2D eigenvalue weighted by Gasteiger charge is 2.52. The average Bonchev–Trinajstić information content (AvgIpc) is 2.89. The Morgan fingerprint density at radius 2 is 1.39 bits per heavy atom. The van der Waals surface area contributed by atoms with Gasteiger partial charge in [-0.25, -0.2) is 0 Å². The molecule has 1 heterocycles. The van der Waals surface area contributed by atoms with Crippen molar-refractivity contribution in [2.45, 2.75) is 84.9 Å². The van der Waals surface area contributed by atoms with Crippen molar-refractivity contribution in [2.24, 2.45) is 0 Å². The van der Waals surface area contributed by atoms with E-state index in [0.29, 0.717) is 23.1 Å². The summed E-state index contributed by atoms with van der Waals surface area (Å²) in [6.45, 7) is 8.30. The lowest BCUT2D eigenvalue weighted by molar-refractivity contribution is -0.254. The Balaban J connectivity index is 2.14. The van der Waals surface area contributed by atoms with Gasteiger partial charge in [-0.15, -0.1) is 0 Å². The van der Waals surface area contributed by atoms with Crippen LogP contribution >= 0.6 is 0 Å². The molecule has 2 aromatic carbocycles. The van der Waals surface area contributed by atoms with Gasteiger partial charge in [0.15, 0.2) is 18.3 Å². The Morgan fingerprint density at radius 3 is 1.93 bits per heavy atom. The summed E-state index contributed by atoms with van der Waals surface area (Å²) in [5.74, 6) is -2.68. The molecule has 2 aromatic rings. The zero-order valence-electron chi connectivity index (χ0n) is 24.1. The molecule has 10 nitrogen and oxygen atoms in total. The monoisotopic (exact) mass is 565 g/mol. The van der Waals surface area contributed by atoms with Crippen LogP contribution in [0, 0.1) is 18.3 Å². The SMILES string of the molecule is CCc1ccc(Cc2cc([C@@H]3O[C@H](COC(C)=O)[C@@H](OC(C)=O)[C@H](OC(C)=O)[C@H]3OC(C)=O)cc(C)c2C#N)cc1. The Labute approximate surface area is 239 Å². The second kappa shape index (κ2) is 13.9. The third-order valence-corrected chi connectivity index (χ3v) is 6.70. The zero-order valence-corrected chi connectivity index (χ0v) is 24.1. The van der Waals surface area contributed by atoms with Gasteiger partial charge in [-0.2, -0.15) is 5.26 Å². The summed E-state index contributed by atoms with van der Waals surface area (Å²) in [6.07, 6.45) is -4.48. The van der Waals surface area contributed by atoms with Crippen molar-refractivity contribution < 1.29 is 42.9 Å². The van der Waals surface area contributed by atoms with Crippen LogP contribution in [-0.2, 0) is 55.7 Å². The smallest absolute Gasteiger partial charge is 0.303 e. The summed E-state index contributed by atoms with van der Waals surface area (Å²) in [4.78, 5) is 48.1. The van der Waals surface area contributed by atoms with Crippen LogP contribution in [0.2, 0.25) is 0 Å². The van der Waals surface area contributed by atoms with E-state index in [1.807, 2.05) is 24.3 Å². The number of ether oxygens (including phenoxy) is 5. The molecule has 0 saturated carbocycles. The van der Waals surface area contributed by atoms with Gasteiger partial charge < -0.3 is 23.7 Å². The van der Waals surface area contributed by atoms with Gasteiger partial charge in [-0.05, 0) is 47.6 Å². The van der Waals surface area contributed by atoms with Gasteiger partial charge in [0.1, 0.15) is 18.8 Å². The topological polar surface area (TPSA) is 138 Å². The van der Waals surface area contributed by atoms with Gasteiger partial charge in [-0.3, -0.25) is 19.2 Å². The van der Waals surface area contributed by atoms with Crippen molar-refractivity contribution >= 4 is 23.9 Å². The van der Waals surface area contributed by atoms with E-state index in [1.54, 1.807) is 19.1 Å². The summed E-state index contributed by atoms with van der Waals surface area (Å²) in [5.41, 5.74) is 4.62. The molecule has 3 rings (SSSR count). The second-order valence-electron chi connectivity index (χ2n) is 9.95. The number of carbonyl (C=O) groups excluding carboxylic acids is 4. The highest BCUT2D eigenvalue weighted by molar-refractivity contribution is 5.69. The molecular formula is C31H35NO9. The number of carbonyl (C=O) groups is 4. The number of nitrogens with zero attached hydrogens (tertiary/aromatic N) is 1. The molecule has 0 N–H and O–H groups in total. The number of benzene rings is 2. The minimum atomic E-state index is -1.28. The molecule has 41 heavy (non-hydrogen) atoms. The van der Waals surface area contributed by atoms with Crippen molar-refractivity contribution in [1.29, 1.82) is 5.26 Å². The van der Waals surface area contributed by atoms with E-state index in [-0.39, 0.29) is 6.61 Å². The lowest BCUT2D eigenvalue weighted by Crippen LogP contribution is -2.59. The van der Waals surface area contributed by atoms with Gasteiger partial charge in [0.05, 0.1) is 11.6 Å². The standard InChI is InChI=1S/C31H35NO9/c1-7-22-8-10-23(11-9-22)13-24-14-25(12-17(2)26(24)15-32)28-30(39-20(5)35)31(40-21(6)36)29(38-19(4)34)27(41-28)16-37-18(3)33/h8-12,14,27-31H,7,13,16H2,1-6H3/t27-,28+,29-,30+,31+/m1/s1. The first-order chi connectivity index (χ1) is 19.4. The largest absolute Gasteiger partial charge is 0.463 e. The average molecular weight is 566 g/mol. The lowest BCUT2D eigenvalue weighted by Gasteiger charge is -2.44. The fourth-order valence-electron chi connectivity index (χ4n) is 4.96. The van der Waals surface area contributed by atoms with Crippen LogP contribution in [0.3, 0.4) is 0 Å². The third-order valence-electron chi connectivity index (χ3n) is 6.70. The van der Waals surface area contributed by atoms with Crippen molar-refractivity contribution in [1.82, 2.24) is 0 Å². The quantitative estimate of drug-likeness (QED) is 0.326. The molecule has 5 atom stereocenters. The van der Waals surface area contributed by atoms with E-state index >= 15 is 0 Å². The molecule has 0 unspecified atom stereocenters. The van der Waals surface area contributed by atoms with Crippen molar-refractivity contribution in [3.63, 3.8) is 0 Å². The number of hydrogen-bond donors (Lipinski definition) is 0. The highest BCUT2D eigenvalue weighted by atomic mass is 16.7. The van der Waals surface area contributed by atoms with E-state index in [0.717, 1.165) is 17.5 Å². The van der Waals surface area contributed by atoms with Gasteiger partial charge in [0.25, 0.3) is 0 Å². The minimum absolute atomic E-state index is 0.319. The summed E-state index contributed by atoms with van der Waals surface area (Å²) in [7, 11) is 0. The van der Waals surface area contributed by atoms with Crippen LogP contribution in [0.25, 0.3) is 0 Å². The molecule has 1 saturated heterocycles. The Morgan fingerprint density at radius 1 is 0.829 bits per heavy atom. The molecule has 0 aromatic heterocycles. The number of aryl methyl sites for hydroxylation is 2. The molecule has 1 aliphatic rings.